The van der Waals surface area contributed by atoms with Crippen LogP contribution >= 0.6 is 15.9 Å². The number of aromatic amines is 1. The molecule has 0 aliphatic rings. The third-order valence-corrected chi connectivity index (χ3v) is 3.12. The smallest absolute Gasteiger partial charge is 0.266 e. The lowest BCUT2D eigenvalue weighted by molar-refractivity contribution is 0.415. The van der Waals surface area contributed by atoms with Crippen molar-refractivity contribution in [3.8, 4) is 23.1 Å². The van der Waals surface area contributed by atoms with Crippen molar-refractivity contribution >= 4 is 15.9 Å². The standard InChI is InChI=1S/C13H9BrN2O2/c1-18-10-4-2-8(3-5-10)12-11(14)6-9(7-15)13(17)16-12/h2-6H,1H3,(H,16,17). The maximum atomic E-state index is 11.6. The van der Waals surface area contributed by atoms with E-state index in [0.29, 0.717) is 10.2 Å². The van der Waals surface area contributed by atoms with E-state index < -0.39 is 5.56 Å². The van der Waals surface area contributed by atoms with Gasteiger partial charge in [-0.05, 0) is 51.8 Å². The quantitative estimate of drug-likeness (QED) is 0.927. The molecule has 18 heavy (non-hydrogen) atoms. The molecule has 0 saturated heterocycles. The molecule has 0 aliphatic heterocycles. The number of nitrogens with one attached hydrogen (secondary N) is 1. The second-order valence-electron chi connectivity index (χ2n) is 3.58. The number of aromatic nitrogens is 1. The Morgan fingerprint density at radius 3 is 2.56 bits per heavy atom. The Labute approximate surface area is 112 Å². The van der Waals surface area contributed by atoms with Gasteiger partial charge in [0.1, 0.15) is 17.4 Å². The van der Waals surface area contributed by atoms with Crippen molar-refractivity contribution < 1.29 is 4.74 Å². The second-order valence-corrected chi connectivity index (χ2v) is 4.43. The fourth-order valence-corrected chi connectivity index (χ4v) is 2.11. The van der Waals surface area contributed by atoms with E-state index in [1.54, 1.807) is 19.2 Å². The zero-order chi connectivity index (χ0) is 13.1. The van der Waals surface area contributed by atoms with Crippen molar-refractivity contribution in [3.05, 3.63) is 50.7 Å². The Kier molecular flexibility index (Phi) is 3.49. The highest BCUT2D eigenvalue weighted by atomic mass is 79.9. The van der Waals surface area contributed by atoms with Crippen molar-refractivity contribution in [2.45, 2.75) is 0 Å². The van der Waals surface area contributed by atoms with Gasteiger partial charge in [-0.15, -0.1) is 0 Å². The molecule has 0 radical (unpaired) electrons. The van der Waals surface area contributed by atoms with Gasteiger partial charge in [0.2, 0.25) is 0 Å². The van der Waals surface area contributed by atoms with Crippen LogP contribution in [0.2, 0.25) is 0 Å². The summed E-state index contributed by atoms with van der Waals surface area (Å²) in [6.45, 7) is 0. The van der Waals surface area contributed by atoms with Crippen molar-refractivity contribution in [1.29, 1.82) is 5.26 Å². The molecule has 0 spiro atoms. The van der Waals surface area contributed by atoms with Crippen molar-refractivity contribution in [2.24, 2.45) is 0 Å². The van der Waals surface area contributed by atoms with Crippen molar-refractivity contribution in [3.63, 3.8) is 0 Å². The Balaban J connectivity index is 2.54. The molecule has 0 saturated carbocycles. The molecule has 0 atom stereocenters. The van der Waals surface area contributed by atoms with Crippen LogP contribution < -0.4 is 10.3 Å². The van der Waals surface area contributed by atoms with Gasteiger partial charge in [-0.2, -0.15) is 5.26 Å². The lowest BCUT2D eigenvalue weighted by Crippen LogP contribution is -2.11. The first-order chi connectivity index (χ1) is 8.65. The van der Waals surface area contributed by atoms with E-state index in [0.717, 1.165) is 11.3 Å². The van der Waals surface area contributed by atoms with Gasteiger partial charge in [0.05, 0.1) is 12.8 Å². The molecule has 0 amide bonds. The lowest BCUT2D eigenvalue weighted by Gasteiger charge is -2.06. The van der Waals surface area contributed by atoms with Crippen LogP contribution in [0.3, 0.4) is 0 Å². The summed E-state index contributed by atoms with van der Waals surface area (Å²) in [6.07, 6.45) is 0. The monoisotopic (exact) mass is 304 g/mol. The second kappa shape index (κ2) is 5.07. The van der Waals surface area contributed by atoms with E-state index >= 15 is 0 Å². The van der Waals surface area contributed by atoms with Gasteiger partial charge >= 0.3 is 0 Å². The van der Waals surface area contributed by atoms with E-state index in [2.05, 4.69) is 20.9 Å². The summed E-state index contributed by atoms with van der Waals surface area (Å²) >= 11 is 3.34. The van der Waals surface area contributed by atoms with Gasteiger partial charge in [-0.1, -0.05) is 0 Å². The minimum Gasteiger partial charge on any atom is -0.497 e. The molecule has 1 aromatic carbocycles. The third kappa shape index (κ3) is 2.29. The van der Waals surface area contributed by atoms with Gasteiger partial charge in [-0.3, -0.25) is 4.79 Å². The fraction of sp³-hybridized carbons (Fsp3) is 0.0769. The molecule has 4 nitrogen and oxygen atoms in total. The number of methoxy groups -OCH3 is 1. The highest BCUT2D eigenvalue weighted by molar-refractivity contribution is 9.10. The van der Waals surface area contributed by atoms with Gasteiger partial charge in [0.25, 0.3) is 5.56 Å². The van der Waals surface area contributed by atoms with E-state index in [1.807, 2.05) is 18.2 Å². The van der Waals surface area contributed by atoms with Gasteiger partial charge in [0.15, 0.2) is 0 Å². The third-order valence-electron chi connectivity index (χ3n) is 2.49. The molecule has 0 bridgehead atoms. The minimum atomic E-state index is -0.397. The first-order valence-electron chi connectivity index (χ1n) is 5.13. The Morgan fingerprint density at radius 1 is 1.33 bits per heavy atom. The van der Waals surface area contributed by atoms with Crippen LogP contribution in [0.4, 0.5) is 0 Å². The molecule has 1 heterocycles. The number of hydrogen-bond acceptors (Lipinski definition) is 3. The lowest BCUT2D eigenvalue weighted by atomic mass is 10.1. The number of nitriles is 1. The summed E-state index contributed by atoms with van der Waals surface area (Å²) in [5.41, 5.74) is 1.16. The van der Waals surface area contributed by atoms with Gasteiger partial charge < -0.3 is 9.72 Å². The number of halogens is 1. The SMILES string of the molecule is COc1ccc(-c2[nH]c(=O)c(C#N)cc2Br)cc1. The molecule has 0 aliphatic carbocycles. The fourth-order valence-electron chi connectivity index (χ4n) is 1.56. The maximum absolute atomic E-state index is 11.6. The van der Waals surface area contributed by atoms with E-state index in [9.17, 15) is 4.79 Å². The molecule has 1 N–H and O–H groups in total. The van der Waals surface area contributed by atoms with E-state index in [1.165, 1.54) is 6.07 Å². The molecule has 2 aromatic rings. The number of ether oxygens (including phenoxy) is 1. The Bertz CT molecular complexity index is 669. The molecule has 0 unspecified atom stereocenters. The predicted molar refractivity (Wildman–Crippen MR) is 71.5 cm³/mol. The van der Waals surface area contributed by atoms with Crippen molar-refractivity contribution in [2.75, 3.05) is 7.11 Å². The average Bonchev–Trinajstić information content (AvgIpc) is 2.41. The predicted octanol–water partition coefficient (Wildman–Crippen LogP) is 2.68. The van der Waals surface area contributed by atoms with Gasteiger partial charge in [0, 0.05) is 4.47 Å². The van der Waals surface area contributed by atoms with Crippen LogP contribution in [0.15, 0.2) is 39.6 Å². The highest BCUT2D eigenvalue weighted by Gasteiger charge is 2.08. The normalized spacial score (nSPS) is 9.83. The number of H-pyrrole nitrogens is 1. The molecule has 2 rings (SSSR count). The minimum absolute atomic E-state index is 0.0825. The van der Waals surface area contributed by atoms with Crippen LogP contribution in [0.5, 0.6) is 5.75 Å². The summed E-state index contributed by atoms with van der Waals surface area (Å²) in [5.74, 6) is 0.742. The number of hydrogen-bond donors (Lipinski definition) is 1. The zero-order valence-corrected chi connectivity index (χ0v) is 11.1. The summed E-state index contributed by atoms with van der Waals surface area (Å²) < 4.78 is 5.74. The molecular formula is C13H9BrN2O2. The average molecular weight is 305 g/mol. The zero-order valence-electron chi connectivity index (χ0n) is 9.53. The van der Waals surface area contributed by atoms with Crippen LogP contribution in [0.1, 0.15) is 5.56 Å². The van der Waals surface area contributed by atoms with E-state index in [4.69, 9.17) is 10.00 Å². The largest absolute Gasteiger partial charge is 0.497 e. The summed E-state index contributed by atoms with van der Waals surface area (Å²) in [5, 5.41) is 8.77. The maximum Gasteiger partial charge on any atom is 0.266 e. The molecule has 1 aromatic heterocycles. The number of rotatable bonds is 2. The number of pyridine rings is 1. The molecule has 90 valence electrons. The Morgan fingerprint density at radius 2 is 2.00 bits per heavy atom. The van der Waals surface area contributed by atoms with Crippen LogP contribution in [0, 0.1) is 11.3 Å². The summed E-state index contributed by atoms with van der Waals surface area (Å²) in [7, 11) is 1.59. The topological polar surface area (TPSA) is 65.9 Å². The first-order valence-corrected chi connectivity index (χ1v) is 5.92. The van der Waals surface area contributed by atoms with Gasteiger partial charge in [-0.25, -0.2) is 0 Å². The Hall–Kier alpha value is -2.06. The molecule has 5 heteroatoms. The van der Waals surface area contributed by atoms with E-state index in [-0.39, 0.29) is 5.56 Å². The van der Waals surface area contributed by atoms with Crippen LogP contribution in [-0.2, 0) is 0 Å². The number of benzene rings is 1. The molecule has 0 fully saturated rings. The molecular weight excluding hydrogens is 296 g/mol. The highest BCUT2D eigenvalue weighted by Crippen LogP contribution is 2.26. The summed E-state index contributed by atoms with van der Waals surface area (Å²) in [4.78, 5) is 14.3. The van der Waals surface area contributed by atoms with Crippen LogP contribution in [-0.4, -0.2) is 12.1 Å². The number of nitrogens with zero attached hydrogens (tertiary/aromatic N) is 1. The van der Waals surface area contributed by atoms with Crippen molar-refractivity contribution in [1.82, 2.24) is 4.98 Å². The first kappa shape index (κ1) is 12.4. The summed E-state index contributed by atoms with van der Waals surface area (Å²) in [6, 6.07) is 10.6. The van der Waals surface area contributed by atoms with Crippen LogP contribution in [0.25, 0.3) is 11.3 Å².